The molecule has 1 unspecified atom stereocenters. The Bertz CT molecular complexity index is 496. The topological polar surface area (TPSA) is 64.3 Å². The number of hydrogen-bond donors (Lipinski definition) is 1. The molecule has 6 nitrogen and oxygen atoms in total. The van der Waals surface area contributed by atoms with E-state index in [2.05, 4.69) is 27.3 Å². The van der Waals surface area contributed by atoms with Gasteiger partial charge in [0.05, 0.1) is 6.61 Å². The molecular formula is C11H17N5O. The minimum absolute atomic E-state index is 0.437. The van der Waals surface area contributed by atoms with Gasteiger partial charge in [-0.2, -0.15) is 14.6 Å². The number of fused-ring (bicyclic) bond motifs is 1. The number of ether oxygens (including phenoxy) is 1. The largest absolute Gasteiger partial charge is 0.384 e. The molecule has 0 bridgehead atoms. The smallest absolute Gasteiger partial charge is 0.254 e. The normalized spacial score (nSPS) is 12.9. The van der Waals surface area contributed by atoms with Crippen molar-refractivity contribution >= 4 is 11.6 Å². The molecule has 0 amide bonds. The highest BCUT2D eigenvalue weighted by Crippen LogP contribution is 2.10. The van der Waals surface area contributed by atoms with Crippen LogP contribution in [0.1, 0.15) is 12.6 Å². The van der Waals surface area contributed by atoms with Gasteiger partial charge in [-0.3, -0.25) is 0 Å². The van der Waals surface area contributed by atoms with Crippen molar-refractivity contribution in [1.29, 1.82) is 0 Å². The van der Waals surface area contributed by atoms with Crippen molar-refractivity contribution in [2.75, 3.05) is 25.6 Å². The van der Waals surface area contributed by atoms with Crippen LogP contribution in [0.3, 0.4) is 0 Å². The van der Waals surface area contributed by atoms with E-state index in [1.165, 1.54) is 6.33 Å². The molecule has 0 aliphatic heterocycles. The second-order valence-corrected chi connectivity index (χ2v) is 4.20. The molecule has 0 fully saturated rings. The quantitative estimate of drug-likeness (QED) is 0.841. The third kappa shape index (κ3) is 2.71. The first-order valence-electron chi connectivity index (χ1n) is 5.61. The number of anilines is 1. The summed E-state index contributed by atoms with van der Waals surface area (Å²) in [5.41, 5.74) is 0.924. The molecule has 2 aromatic rings. The lowest BCUT2D eigenvalue weighted by Crippen LogP contribution is -2.17. The molecule has 17 heavy (non-hydrogen) atoms. The first-order valence-corrected chi connectivity index (χ1v) is 5.61. The SMILES string of the molecule is COCC(C)CNc1cc(C)nc2ncnn12. The molecule has 0 saturated carbocycles. The Hall–Kier alpha value is -1.69. The van der Waals surface area contributed by atoms with Crippen LogP contribution in [0.5, 0.6) is 0 Å². The molecule has 2 heterocycles. The Labute approximate surface area is 100 Å². The summed E-state index contributed by atoms with van der Waals surface area (Å²) in [6.45, 7) is 5.63. The highest BCUT2D eigenvalue weighted by Gasteiger charge is 2.07. The molecule has 2 rings (SSSR count). The van der Waals surface area contributed by atoms with Gasteiger partial charge in [-0.05, 0) is 12.8 Å². The van der Waals surface area contributed by atoms with Crippen LogP contribution < -0.4 is 5.32 Å². The van der Waals surface area contributed by atoms with Gasteiger partial charge in [-0.25, -0.2) is 4.98 Å². The lowest BCUT2D eigenvalue weighted by molar-refractivity contribution is 0.164. The van der Waals surface area contributed by atoms with E-state index in [4.69, 9.17) is 4.74 Å². The lowest BCUT2D eigenvalue weighted by atomic mass is 10.2. The highest BCUT2D eigenvalue weighted by molar-refractivity contribution is 5.44. The molecular weight excluding hydrogens is 218 g/mol. The van der Waals surface area contributed by atoms with E-state index in [9.17, 15) is 0 Å². The van der Waals surface area contributed by atoms with Crippen molar-refractivity contribution in [2.24, 2.45) is 5.92 Å². The molecule has 6 heteroatoms. The van der Waals surface area contributed by atoms with E-state index < -0.39 is 0 Å². The molecule has 0 saturated heterocycles. The number of methoxy groups -OCH3 is 1. The van der Waals surface area contributed by atoms with Gasteiger partial charge in [0, 0.05) is 25.4 Å². The molecule has 2 aromatic heterocycles. The van der Waals surface area contributed by atoms with Crippen LogP contribution in [0.15, 0.2) is 12.4 Å². The molecule has 92 valence electrons. The fourth-order valence-electron chi connectivity index (χ4n) is 1.68. The average Bonchev–Trinajstić information content (AvgIpc) is 2.74. The average molecular weight is 235 g/mol. The second-order valence-electron chi connectivity index (χ2n) is 4.20. The maximum absolute atomic E-state index is 5.10. The Morgan fingerprint density at radius 2 is 2.35 bits per heavy atom. The number of rotatable bonds is 5. The highest BCUT2D eigenvalue weighted by atomic mass is 16.5. The van der Waals surface area contributed by atoms with Crippen molar-refractivity contribution in [2.45, 2.75) is 13.8 Å². The van der Waals surface area contributed by atoms with Gasteiger partial charge < -0.3 is 10.1 Å². The minimum atomic E-state index is 0.437. The first-order chi connectivity index (χ1) is 8.20. The number of aromatic nitrogens is 4. The van der Waals surface area contributed by atoms with Crippen molar-refractivity contribution in [3.05, 3.63) is 18.1 Å². The molecule has 0 aliphatic rings. The van der Waals surface area contributed by atoms with Gasteiger partial charge in [-0.1, -0.05) is 6.92 Å². The van der Waals surface area contributed by atoms with E-state index in [1.54, 1.807) is 11.6 Å². The number of aryl methyl sites for hydroxylation is 1. The molecule has 1 atom stereocenters. The van der Waals surface area contributed by atoms with E-state index in [0.717, 1.165) is 24.7 Å². The van der Waals surface area contributed by atoms with E-state index in [1.807, 2.05) is 13.0 Å². The Morgan fingerprint density at radius 3 is 3.12 bits per heavy atom. The van der Waals surface area contributed by atoms with Crippen molar-refractivity contribution in [1.82, 2.24) is 19.6 Å². The lowest BCUT2D eigenvalue weighted by Gasteiger charge is -2.13. The summed E-state index contributed by atoms with van der Waals surface area (Å²) in [5, 5.41) is 7.47. The number of nitrogens with one attached hydrogen (secondary N) is 1. The monoisotopic (exact) mass is 235 g/mol. The van der Waals surface area contributed by atoms with Crippen LogP contribution in [0, 0.1) is 12.8 Å². The van der Waals surface area contributed by atoms with Gasteiger partial charge in [0.25, 0.3) is 5.78 Å². The fraction of sp³-hybridized carbons (Fsp3) is 0.545. The zero-order valence-corrected chi connectivity index (χ0v) is 10.3. The molecule has 0 radical (unpaired) electrons. The number of hydrogen-bond acceptors (Lipinski definition) is 5. The van der Waals surface area contributed by atoms with Gasteiger partial charge in [0.15, 0.2) is 0 Å². The third-order valence-electron chi connectivity index (χ3n) is 2.46. The molecule has 0 aromatic carbocycles. The summed E-state index contributed by atoms with van der Waals surface area (Å²) in [6, 6.07) is 1.96. The van der Waals surface area contributed by atoms with Crippen LogP contribution in [0.4, 0.5) is 5.82 Å². The Balaban J connectivity index is 2.14. The minimum Gasteiger partial charge on any atom is -0.384 e. The van der Waals surface area contributed by atoms with Gasteiger partial charge in [-0.15, -0.1) is 0 Å². The molecule has 0 aliphatic carbocycles. The van der Waals surface area contributed by atoms with Crippen LogP contribution in [0.2, 0.25) is 0 Å². The summed E-state index contributed by atoms with van der Waals surface area (Å²) in [7, 11) is 1.71. The van der Waals surface area contributed by atoms with E-state index in [-0.39, 0.29) is 0 Å². The summed E-state index contributed by atoms with van der Waals surface area (Å²) < 4.78 is 6.80. The fourth-order valence-corrected chi connectivity index (χ4v) is 1.68. The molecule has 1 N–H and O–H groups in total. The summed E-state index contributed by atoms with van der Waals surface area (Å²) in [5.74, 6) is 1.96. The Morgan fingerprint density at radius 1 is 1.53 bits per heavy atom. The summed E-state index contributed by atoms with van der Waals surface area (Å²) >= 11 is 0. The van der Waals surface area contributed by atoms with Gasteiger partial charge >= 0.3 is 0 Å². The first kappa shape index (κ1) is 11.8. The number of nitrogens with zero attached hydrogens (tertiary/aromatic N) is 4. The van der Waals surface area contributed by atoms with Crippen molar-refractivity contribution in [3.63, 3.8) is 0 Å². The predicted molar refractivity (Wildman–Crippen MR) is 65.0 cm³/mol. The van der Waals surface area contributed by atoms with E-state index >= 15 is 0 Å². The maximum atomic E-state index is 5.10. The van der Waals surface area contributed by atoms with E-state index in [0.29, 0.717) is 11.7 Å². The summed E-state index contributed by atoms with van der Waals surface area (Å²) in [6.07, 6.45) is 1.51. The predicted octanol–water partition coefficient (Wildman–Crippen LogP) is 1.13. The van der Waals surface area contributed by atoms with Gasteiger partial charge in [0.2, 0.25) is 0 Å². The van der Waals surface area contributed by atoms with Gasteiger partial charge in [0.1, 0.15) is 12.1 Å². The van der Waals surface area contributed by atoms with Crippen LogP contribution in [-0.4, -0.2) is 39.8 Å². The maximum Gasteiger partial charge on any atom is 0.254 e. The third-order valence-corrected chi connectivity index (χ3v) is 2.46. The summed E-state index contributed by atoms with van der Waals surface area (Å²) in [4.78, 5) is 8.36. The van der Waals surface area contributed by atoms with Crippen molar-refractivity contribution in [3.8, 4) is 0 Å². The second kappa shape index (κ2) is 5.09. The van der Waals surface area contributed by atoms with Crippen LogP contribution in [0.25, 0.3) is 5.78 Å². The van der Waals surface area contributed by atoms with Crippen LogP contribution >= 0.6 is 0 Å². The zero-order valence-electron chi connectivity index (χ0n) is 10.3. The van der Waals surface area contributed by atoms with Crippen molar-refractivity contribution < 1.29 is 4.74 Å². The standard InChI is InChI=1S/C11H17N5O/c1-8(6-17-3)5-12-10-4-9(2)15-11-13-7-14-16(10)11/h4,7-8,12H,5-6H2,1-3H3. The molecule has 0 spiro atoms. The zero-order chi connectivity index (χ0) is 12.3. The Kier molecular flexibility index (Phi) is 3.53. The van der Waals surface area contributed by atoms with Crippen LogP contribution in [-0.2, 0) is 4.74 Å².